The Labute approximate surface area is 114 Å². The Morgan fingerprint density at radius 3 is 2.78 bits per heavy atom. The fourth-order valence-electron chi connectivity index (χ4n) is 1.58. The van der Waals surface area contributed by atoms with E-state index >= 15 is 0 Å². The lowest BCUT2D eigenvalue weighted by atomic mass is 10.1. The first-order valence-electron chi connectivity index (χ1n) is 5.23. The van der Waals surface area contributed by atoms with Gasteiger partial charge in [0.2, 0.25) is 0 Å². The molecule has 0 aliphatic rings. The second kappa shape index (κ2) is 5.34. The summed E-state index contributed by atoms with van der Waals surface area (Å²) in [6, 6.07) is 10.3. The highest BCUT2D eigenvalue weighted by Crippen LogP contribution is 2.33. The number of allylic oxidation sites excluding steroid dienone is 1. The van der Waals surface area contributed by atoms with Gasteiger partial charge in [-0.05, 0) is 30.5 Å². The Balaban J connectivity index is 2.62. The summed E-state index contributed by atoms with van der Waals surface area (Å²) in [6.45, 7) is 1.85. The minimum Gasteiger partial charge on any atom is -0.206 e. The Kier molecular flexibility index (Phi) is 3.81. The third-order valence-corrected chi connectivity index (χ3v) is 3.74. The van der Waals surface area contributed by atoms with Crippen LogP contribution >= 0.6 is 22.9 Å². The first kappa shape index (κ1) is 12.8. The number of hydrogen-bond donors (Lipinski definition) is 0. The standard InChI is InChI=1S/C14H9ClFNS/c1-9-4-5-12(16)10(7-9)14(15)11(8-17)13-3-2-6-18-13/h2-7H,1H3. The number of thiophene rings is 1. The first-order chi connectivity index (χ1) is 8.63. The van der Waals surface area contributed by atoms with Crippen molar-refractivity contribution >= 4 is 33.5 Å². The van der Waals surface area contributed by atoms with Gasteiger partial charge in [0.1, 0.15) is 11.9 Å². The van der Waals surface area contributed by atoms with Crippen molar-refractivity contribution in [2.75, 3.05) is 0 Å². The van der Waals surface area contributed by atoms with Crippen LogP contribution in [-0.2, 0) is 0 Å². The van der Waals surface area contributed by atoms with Crippen molar-refractivity contribution in [1.29, 1.82) is 5.26 Å². The molecule has 4 heteroatoms. The van der Waals surface area contributed by atoms with E-state index in [0.717, 1.165) is 10.4 Å². The largest absolute Gasteiger partial charge is 0.206 e. The molecule has 0 N–H and O–H groups in total. The highest BCUT2D eigenvalue weighted by molar-refractivity contribution is 7.11. The van der Waals surface area contributed by atoms with Crippen molar-refractivity contribution in [1.82, 2.24) is 0 Å². The molecule has 18 heavy (non-hydrogen) atoms. The number of halogens is 2. The molecule has 1 nitrogen and oxygen atoms in total. The molecular formula is C14H9ClFNS. The molecule has 0 aliphatic carbocycles. The zero-order valence-electron chi connectivity index (χ0n) is 9.58. The lowest BCUT2D eigenvalue weighted by molar-refractivity contribution is 0.624. The van der Waals surface area contributed by atoms with Gasteiger partial charge in [0.05, 0.1) is 10.6 Å². The number of nitrogens with zero attached hydrogens (tertiary/aromatic N) is 1. The topological polar surface area (TPSA) is 23.8 Å². The van der Waals surface area contributed by atoms with Gasteiger partial charge in [-0.15, -0.1) is 11.3 Å². The van der Waals surface area contributed by atoms with E-state index in [2.05, 4.69) is 0 Å². The Morgan fingerprint density at radius 2 is 2.17 bits per heavy atom. The van der Waals surface area contributed by atoms with Gasteiger partial charge in [-0.1, -0.05) is 29.3 Å². The van der Waals surface area contributed by atoms with Crippen molar-refractivity contribution in [3.05, 3.63) is 57.5 Å². The van der Waals surface area contributed by atoms with E-state index in [0.29, 0.717) is 5.57 Å². The maximum Gasteiger partial charge on any atom is 0.131 e. The highest BCUT2D eigenvalue weighted by atomic mass is 35.5. The summed E-state index contributed by atoms with van der Waals surface area (Å²) >= 11 is 7.57. The van der Waals surface area contributed by atoms with E-state index in [1.165, 1.54) is 17.4 Å². The van der Waals surface area contributed by atoms with Crippen LogP contribution in [0.3, 0.4) is 0 Å². The number of benzene rings is 1. The predicted molar refractivity (Wildman–Crippen MR) is 73.7 cm³/mol. The van der Waals surface area contributed by atoms with Crippen molar-refractivity contribution in [3.63, 3.8) is 0 Å². The van der Waals surface area contributed by atoms with Gasteiger partial charge in [-0.3, -0.25) is 0 Å². The van der Waals surface area contributed by atoms with Gasteiger partial charge in [-0.25, -0.2) is 4.39 Å². The molecule has 0 saturated heterocycles. The second-order valence-electron chi connectivity index (χ2n) is 3.76. The summed E-state index contributed by atoms with van der Waals surface area (Å²) in [6.07, 6.45) is 0. The van der Waals surface area contributed by atoms with Gasteiger partial charge in [-0.2, -0.15) is 5.26 Å². The zero-order chi connectivity index (χ0) is 13.1. The molecule has 0 aliphatic heterocycles. The molecule has 0 saturated carbocycles. The molecule has 1 heterocycles. The minimum atomic E-state index is -0.421. The summed E-state index contributed by atoms with van der Waals surface area (Å²) in [7, 11) is 0. The Hall–Kier alpha value is -1.63. The molecule has 1 aromatic carbocycles. The van der Waals surface area contributed by atoms with E-state index in [1.54, 1.807) is 18.2 Å². The number of aryl methyl sites for hydroxylation is 1. The monoisotopic (exact) mass is 277 g/mol. The lowest BCUT2D eigenvalue weighted by Crippen LogP contribution is -1.89. The van der Waals surface area contributed by atoms with E-state index < -0.39 is 5.82 Å². The zero-order valence-corrected chi connectivity index (χ0v) is 11.1. The van der Waals surface area contributed by atoms with Gasteiger partial charge >= 0.3 is 0 Å². The summed E-state index contributed by atoms with van der Waals surface area (Å²) < 4.78 is 13.7. The van der Waals surface area contributed by atoms with Crippen molar-refractivity contribution < 1.29 is 4.39 Å². The molecule has 0 amide bonds. The molecule has 2 rings (SSSR count). The fraction of sp³-hybridized carbons (Fsp3) is 0.0714. The van der Waals surface area contributed by atoms with Crippen LogP contribution in [0.15, 0.2) is 35.7 Å². The predicted octanol–water partition coefficient (Wildman–Crippen LogP) is 4.83. The maximum absolute atomic E-state index is 13.7. The third-order valence-electron chi connectivity index (χ3n) is 2.46. The van der Waals surface area contributed by atoms with Gasteiger partial charge in [0, 0.05) is 10.4 Å². The van der Waals surface area contributed by atoms with Crippen LogP contribution in [-0.4, -0.2) is 0 Å². The molecule has 1 aromatic heterocycles. The SMILES string of the molecule is Cc1ccc(F)c(C(Cl)=C(C#N)c2cccs2)c1. The molecule has 0 atom stereocenters. The van der Waals surface area contributed by atoms with Gasteiger partial charge < -0.3 is 0 Å². The summed E-state index contributed by atoms with van der Waals surface area (Å²) in [5.41, 5.74) is 1.46. The van der Waals surface area contributed by atoms with Crippen LogP contribution in [0, 0.1) is 24.1 Å². The third kappa shape index (κ3) is 2.45. The van der Waals surface area contributed by atoms with Crippen LogP contribution in [0.1, 0.15) is 16.0 Å². The Bertz CT molecular complexity index is 638. The lowest BCUT2D eigenvalue weighted by Gasteiger charge is -2.05. The molecule has 0 unspecified atom stereocenters. The first-order valence-corrected chi connectivity index (χ1v) is 6.49. The van der Waals surface area contributed by atoms with Crippen LogP contribution < -0.4 is 0 Å². The highest BCUT2D eigenvalue weighted by Gasteiger charge is 2.14. The maximum atomic E-state index is 13.7. The molecule has 0 radical (unpaired) electrons. The van der Waals surface area contributed by atoms with Gasteiger partial charge in [0.15, 0.2) is 0 Å². The van der Waals surface area contributed by atoms with Crippen molar-refractivity contribution in [2.45, 2.75) is 6.92 Å². The summed E-state index contributed by atoms with van der Waals surface area (Å²) in [5, 5.41) is 11.2. The fourth-order valence-corrected chi connectivity index (χ4v) is 2.65. The average Bonchev–Trinajstić information content (AvgIpc) is 2.87. The van der Waals surface area contributed by atoms with Crippen LogP contribution in [0.25, 0.3) is 10.6 Å². The minimum absolute atomic E-state index is 0.154. The van der Waals surface area contributed by atoms with Crippen LogP contribution in [0.5, 0.6) is 0 Å². The quantitative estimate of drug-likeness (QED) is 0.722. The van der Waals surface area contributed by atoms with E-state index in [-0.39, 0.29) is 10.6 Å². The molecular weight excluding hydrogens is 269 g/mol. The normalized spacial score (nSPS) is 11.9. The van der Waals surface area contributed by atoms with Crippen molar-refractivity contribution in [3.8, 4) is 6.07 Å². The van der Waals surface area contributed by atoms with E-state index in [1.807, 2.05) is 24.4 Å². The Morgan fingerprint density at radius 1 is 1.39 bits per heavy atom. The second-order valence-corrected chi connectivity index (χ2v) is 5.09. The molecule has 2 aromatic rings. The summed E-state index contributed by atoms with van der Waals surface area (Å²) in [4.78, 5) is 0.739. The van der Waals surface area contributed by atoms with E-state index in [9.17, 15) is 9.65 Å². The molecule has 0 spiro atoms. The number of hydrogen-bond acceptors (Lipinski definition) is 2. The van der Waals surface area contributed by atoms with Crippen molar-refractivity contribution in [2.24, 2.45) is 0 Å². The number of nitriles is 1. The smallest absolute Gasteiger partial charge is 0.131 e. The van der Waals surface area contributed by atoms with Gasteiger partial charge in [0.25, 0.3) is 0 Å². The molecule has 90 valence electrons. The molecule has 0 bridgehead atoms. The number of rotatable bonds is 2. The average molecular weight is 278 g/mol. The van der Waals surface area contributed by atoms with Crippen LogP contribution in [0.2, 0.25) is 0 Å². The van der Waals surface area contributed by atoms with Crippen LogP contribution in [0.4, 0.5) is 4.39 Å². The molecule has 0 fully saturated rings. The summed E-state index contributed by atoms with van der Waals surface area (Å²) in [5.74, 6) is -0.421. The van der Waals surface area contributed by atoms with E-state index in [4.69, 9.17) is 11.6 Å².